The smallest absolute Gasteiger partial charge is 0.872 e. The van der Waals surface area contributed by atoms with Crippen molar-refractivity contribution in [2.24, 2.45) is 30.7 Å². The molecule has 0 heterocycles. The van der Waals surface area contributed by atoms with Crippen LogP contribution in [0, 0.1) is 13.8 Å². The van der Waals surface area contributed by atoms with Gasteiger partial charge in [-0.15, -0.1) is 10.2 Å². The predicted molar refractivity (Wildman–Crippen MR) is 176 cm³/mol. The van der Waals surface area contributed by atoms with Crippen molar-refractivity contribution in [2.45, 2.75) is 18.7 Å². The largest absolute Gasteiger partial charge is 1.00 e. The van der Waals surface area contributed by atoms with Crippen LogP contribution in [0.1, 0.15) is 21.5 Å². The number of carbonyl (C=O) groups is 1. The standard InChI is InChI=1S/C33H28N8O6S.2Na/c1-18-16-28(40-37-24-11-13-26(14-12-24)48(45,46)47)30(35)31(29(18)34)41-38-23-9-5-21(6-10-23)20-3-7-22(8-4-20)36-39-25-15-19(2)32(42)27(17-25)33(43)44;;/h3-17,42H,34-35H2,1-2H3,(H,43,44)(H,45,46,47);;/q;2*+1/p-2. The summed E-state index contributed by atoms with van der Waals surface area (Å²) in [6.45, 7) is 3.25. The van der Waals surface area contributed by atoms with Crippen LogP contribution in [0.15, 0.2) is 127 Å². The Morgan fingerprint density at radius 1 is 0.640 bits per heavy atom. The molecule has 0 fully saturated rings. The number of azo groups is 3. The maximum Gasteiger partial charge on any atom is 1.00 e. The fourth-order valence-corrected chi connectivity index (χ4v) is 4.91. The maximum absolute atomic E-state index is 11.9. The van der Waals surface area contributed by atoms with Crippen molar-refractivity contribution in [1.82, 2.24) is 0 Å². The molecule has 0 saturated heterocycles. The molecule has 0 radical (unpaired) electrons. The van der Waals surface area contributed by atoms with E-state index < -0.39 is 27.4 Å². The van der Waals surface area contributed by atoms with E-state index in [9.17, 15) is 23.4 Å². The van der Waals surface area contributed by atoms with Crippen molar-refractivity contribution < 1.29 is 87.1 Å². The van der Waals surface area contributed by atoms with Crippen LogP contribution in [-0.2, 0) is 10.1 Å². The van der Waals surface area contributed by atoms with Crippen molar-refractivity contribution in [1.29, 1.82) is 0 Å². The number of hydrogen-bond donors (Lipinski definition) is 3. The maximum atomic E-state index is 11.9. The number of nitrogens with two attached hydrogens (primary N) is 2. The number of anilines is 2. The molecular weight excluding hydrogens is 682 g/mol. The number of aryl methyl sites for hydroxylation is 2. The van der Waals surface area contributed by atoms with E-state index in [2.05, 4.69) is 30.7 Å². The third kappa shape index (κ3) is 9.68. The zero-order valence-corrected chi connectivity index (χ0v) is 32.2. The molecule has 5 rings (SSSR count). The molecule has 0 aliphatic heterocycles. The fraction of sp³-hybridized carbons (Fsp3) is 0.0606. The van der Waals surface area contributed by atoms with Crippen LogP contribution in [0.5, 0.6) is 5.75 Å². The third-order valence-electron chi connectivity index (χ3n) is 7.07. The van der Waals surface area contributed by atoms with Gasteiger partial charge in [-0.25, -0.2) is 0 Å². The second-order valence-corrected chi connectivity index (χ2v) is 11.9. The first-order chi connectivity index (χ1) is 22.8. The van der Waals surface area contributed by atoms with Crippen LogP contribution in [0.4, 0.5) is 45.5 Å². The molecule has 0 saturated carbocycles. The number of aromatic carboxylic acids is 1. The van der Waals surface area contributed by atoms with Gasteiger partial charge in [-0.2, -0.15) is 28.9 Å². The van der Waals surface area contributed by atoms with E-state index in [0.29, 0.717) is 28.3 Å². The van der Waals surface area contributed by atoms with E-state index in [1.165, 1.54) is 37.3 Å². The van der Waals surface area contributed by atoms with Gasteiger partial charge in [0.1, 0.15) is 11.4 Å². The van der Waals surface area contributed by atoms with Crippen LogP contribution < -0.4 is 80.8 Å². The van der Waals surface area contributed by atoms with Gasteiger partial charge in [0, 0.05) is 0 Å². The zero-order valence-electron chi connectivity index (χ0n) is 27.4. The molecule has 0 aliphatic carbocycles. The Kier molecular flexibility index (Phi) is 13.7. The molecule has 0 unspecified atom stereocenters. The number of rotatable bonds is 9. The van der Waals surface area contributed by atoms with Gasteiger partial charge in [0.25, 0.3) is 10.1 Å². The summed E-state index contributed by atoms with van der Waals surface area (Å²) in [5, 5.41) is 48.1. The van der Waals surface area contributed by atoms with Crippen molar-refractivity contribution in [3.05, 3.63) is 108 Å². The molecule has 242 valence electrons. The molecule has 50 heavy (non-hydrogen) atoms. The molecule has 5 aromatic carbocycles. The molecule has 0 amide bonds. The minimum atomic E-state index is -4.33. The Balaban J connectivity index is 0.00000338. The fourth-order valence-electron chi connectivity index (χ4n) is 4.43. The average molecular weight is 709 g/mol. The predicted octanol–water partition coefficient (Wildman–Crippen LogP) is 1.07. The minimum Gasteiger partial charge on any atom is -0.872 e. The number of carboxylic acids is 1. The molecule has 5 aromatic rings. The average Bonchev–Trinajstić information content (AvgIpc) is 3.06. The topological polar surface area (TPSA) is 244 Å². The van der Waals surface area contributed by atoms with Crippen molar-refractivity contribution in [3.8, 4) is 16.9 Å². The first-order valence-electron chi connectivity index (χ1n) is 14.0. The van der Waals surface area contributed by atoms with Gasteiger partial charge in [-0.1, -0.05) is 35.6 Å². The van der Waals surface area contributed by atoms with Gasteiger partial charge >= 0.3 is 59.1 Å². The molecule has 0 aliphatic rings. The Labute approximate surface area is 331 Å². The first kappa shape index (κ1) is 40.1. The number of carboxylic acid groups (broad SMARTS) is 1. The molecule has 0 atom stereocenters. The van der Waals surface area contributed by atoms with E-state index >= 15 is 0 Å². The molecule has 0 bridgehead atoms. The summed E-state index contributed by atoms with van der Waals surface area (Å²) in [7, 11) is -4.33. The van der Waals surface area contributed by atoms with Crippen LogP contribution in [0.2, 0.25) is 0 Å². The minimum absolute atomic E-state index is 0. The Morgan fingerprint density at radius 2 is 1.10 bits per heavy atom. The van der Waals surface area contributed by atoms with Gasteiger partial charge in [0.05, 0.1) is 45.0 Å². The third-order valence-corrected chi connectivity index (χ3v) is 7.93. The summed E-state index contributed by atoms with van der Waals surface area (Å²) in [5.74, 6) is -2.18. The normalized spacial score (nSPS) is 11.5. The van der Waals surface area contributed by atoms with E-state index in [-0.39, 0.29) is 92.3 Å². The number of carbonyl (C=O) groups excluding carboxylic acids is 1. The SMILES string of the molecule is Cc1cc(N=Nc2ccc(S(=O)(=O)O)cc2)c(N)c(N=Nc2ccc(-c3ccc(N=Nc4cc(C)c([O-])c(C(=O)[O-])c4)cc3)cc2)c1N.[Na+].[Na+]. The number of hydrogen-bond acceptors (Lipinski definition) is 13. The molecule has 0 aromatic heterocycles. The van der Waals surface area contributed by atoms with Gasteiger partial charge in [-0.3, -0.25) is 4.55 Å². The zero-order chi connectivity index (χ0) is 34.6. The van der Waals surface area contributed by atoms with Crippen LogP contribution in [0.25, 0.3) is 11.1 Å². The second kappa shape index (κ2) is 17.1. The van der Waals surface area contributed by atoms with Crippen molar-refractivity contribution in [2.75, 3.05) is 11.5 Å². The molecule has 14 nitrogen and oxygen atoms in total. The summed E-state index contributed by atoms with van der Waals surface area (Å²) < 4.78 is 31.6. The van der Waals surface area contributed by atoms with Gasteiger partial charge in [-0.05, 0) is 103 Å². The quantitative estimate of drug-likeness (QED) is 0.0863. The summed E-state index contributed by atoms with van der Waals surface area (Å²) in [4.78, 5) is 10.9. The van der Waals surface area contributed by atoms with Gasteiger partial charge < -0.3 is 26.5 Å². The van der Waals surface area contributed by atoms with Crippen LogP contribution in [-0.4, -0.2) is 18.9 Å². The molecule has 17 heteroatoms. The molecule has 0 spiro atoms. The van der Waals surface area contributed by atoms with E-state index in [1.54, 1.807) is 37.3 Å². The number of benzene rings is 5. The van der Waals surface area contributed by atoms with E-state index in [1.807, 2.05) is 24.3 Å². The second-order valence-electron chi connectivity index (χ2n) is 10.5. The van der Waals surface area contributed by atoms with Crippen molar-refractivity contribution >= 4 is 61.6 Å². The van der Waals surface area contributed by atoms with Crippen molar-refractivity contribution in [3.63, 3.8) is 0 Å². The van der Waals surface area contributed by atoms with Gasteiger partial charge in [0.2, 0.25) is 0 Å². The summed E-state index contributed by atoms with van der Waals surface area (Å²) in [5.41, 5.74) is 17.3. The Bertz CT molecular complexity index is 2230. The Morgan fingerprint density at radius 3 is 1.60 bits per heavy atom. The summed E-state index contributed by atoms with van der Waals surface area (Å²) in [6.07, 6.45) is 0. The molecular formula is C33H26N8Na2O6S. The first-order valence-corrected chi connectivity index (χ1v) is 15.5. The van der Waals surface area contributed by atoms with E-state index in [4.69, 9.17) is 16.0 Å². The van der Waals surface area contributed by atoms with Crippen LogP contribution >= 0.6 is 0 Å². The summed E-state index contributed by atoms with van der Waals surface area (Å²) in [6, 6.07) is 23.8. The Hall–Kier alpha value is -4.32. The molecule has 5 N–H and O–H groups in total. The van der Waals surface area contributed by atoms with Crippen LogP contribution in [0.3, 0.4) is 0 Å². The summed E-state index contributed by atoms with van der Waals surface area (Å²) >= 11 is 0. The number of nitrogen functional groups attached to an aromatic ring is 2. The monoisotopic (exact) mass is 708 g/mol. The number of nitrogens with zero attached hydrogens (tertiary/aromatic N) is 6. The van der Waals surface area contributed by atoms with Gasteiger partial charge in [0.15, 0.2) is 0 Å². The van der Waals surface area contributed by atoms with E-state index in [0.717, 1.165) is 17.2 Å².